The van der Waals surface area contributed by atoms with Gasteiger partial charge in [0.05, 0.1) is 19.2 Å². The molecular formula is C9H14N2O2. The first-order valence-corrected chi connectivity index (χ1v) is 4.34. The van der Waals surface area contributed by atoms with Crippen LogP contribution in [0.4, 0.5) is 0 Å². The number of terminal acetylenes is 1. The normalized spacial score (nSPS) is 25.8. The summed E-state index contributed by atoms with van der Waals surface area (Å²) in [5, 5.41) is 14.5. The maximum absolute atomic E-state index is 11.1. The molecule has 13 heavy (non-hydrogen) atoms. The molecule has 3 N–H and O–H groups in total. The van der Waals surface area contributed by atoms with Gasteiger partial charge in [0.1, 0.15) is 0 Å². The van der Waals surface area contributed by atoms with E-state index in [1.165, 1.54) is 0 Å². The average Bonchev–Trinajstić information content (AvgIpc) is 2.02. The quantitative estimate of drug-likeness (QED) is 0.380. The third kappa shape index (κ3) is 3.45. The molecule has 4 nitrogen and oxygen atoms in total. The summed E-state index contributed by atoms with van der Waals surface area (Å²) >= 11 is 0. The van der Waals surface area contributed by atoms with Gasteiger partial charge in [-0.1, -0.05) is 5.92 Å². The van der Waals surface area contributed by atoms with Gasteiger partial charge in [-0.3, -0.25) is 10.1 Å². The first kappa shape index (κ1) is 10.0. The lowest BCUT2D eigenvalue weighted by molar-refractivity contribution is -0.122. The lowest BCUT2D eigenvalue weighted by Gasteiger charge is -2.31. The summed E-state index contributed by atoms with van der Waals surface area (Å²) < 4.78 is 0. The number of hydrogen-bond acceptors (Lipinski definition) is 3. The highest BCUT2D eigenvalue weighted by molar-refractivity contribution is 5.78. The Morgan fingerprint density at radius 2 is 2.31 bits per heavy atom. The Kier molecular flexibility index (Phi) is 3.74. The topological polar surface area (TPSA) is 61.4 Å². The third-order valence-electron chi connectivity index (χ3n) is 1.99. The van der Waals surface area contributed by atoms with E-state index in [4.69, 9.17) is 11.5 Å². The molecule has 0 unspecified atom stereocenters. The minimum Gasteiger partial charge on any atom is -0.393 e. The van der Waals surface area contributed by atoms with Gasteiger partial charge >= 0.3 is 0 Å². The Hall–Kier alpha value is -1.05. The molecule has 0 radical (unpaired) electrons. The summed E-state index contributed by atoms with van der Waals surface area (Å²) in [6, 6.07) is 0.148. The molecule has 1 rings (SSSR count). The number of nitrogens with one attached hydrogen (secondary N) is 2. The molecule has 1 fully saturated rings. The lowest BCUT2D eigenvalue weighted by atomic mass is 9.89. The molecule has 0 aromatic heterocycles. The van der Waals surface area contributed by atoms with Gasteiger partial charge in [-0.05, 0) is 12.8 Å². The Morgan fingerprint density at radius 1 is 1.62 bits per heavy atom. The molecule has 1 saturated carbocycles. The Bertz CT molecular complexity index is 216. The number of amides is 1. The molecule has 0 heterocycles. The molecule has 0 aromatic carbocycles. The van der Waals surface area contributed by atoms with E-state index in [9.17, 15) is 4.79 Å². The third-order valence-corrected chi connectivity index (χ3v) is 1.99. The monoisotopic (exact) mass is 182 g/mol. The maximum atomic E-state index is 11.1. The van der Waals surface area contributed by atoms with Gasteiger partial charge in [0.15, 0.2) is 0 Å². The fourth-order valence-electron chi connectivity index (χ4n) is 1.23. The zero-order valence-electron chi connectivity index (χ0n) is 7.42. The molecular weight excluding hydrogens is 168 g/mol. The van der Waals surface area contributed by atoms with Crippen LogP contribution in [0.15, 0.2) is 0 Å². The summed E-state index contributed by atoms with van der Waals surface area (Å²) in [5.41, 5.74) is 0. The van der Waals surface area contributed by atoms with Crippen molar-refractivity contribution in [1.29, 1.82) is 0 Å². The number of aliphatic hydroxyl groups excluding tert-OH is 1. The molecule has 0 aliphatic heterocycles. The van der Waals surface area contributed by atoms with Crippen LogP contribution in [0.3, 0.4) is 0 Å². The van der Waals surface area contributed by atoms with E-state index in [2.05, 4.69) is 16.6 Å². The summed E-state index contributed by atoms with van der Waals surface area (Å²) in [5.74, 6) is 2.32. The van der Waals surface area contributed by atoms with Crippen LogP contribution in [-0.4, -0.2) is 36.2 Å². The molecule has 0 saturated heterocycles. The van der Waals surface area contributed by atoms with Gasteiger partial charge in [-0.2, -0.15) is 0 Å². The van der Waals surface area contributed by atoms with E-state index >= 15 is 0 Å². The second-order valence-electron chi connectivity index (χ2n) is 3.20. The Labute approximate surface area is 77.7 Å². The largest absolute Gasteiger partial charge is 0.393 e. The highest BCUT2D eigenvalue weighted by Gasteiger charge is 2.27. The van der Waals surface area contributed by atoms with E-state index in [1.807, 2.05) is 0 Å². The standard InChI is InChI=1S/C9H14N2O2/c1-2-3-10-6-9(13)11-7-4-8(12)5-7/h1,7-8,10,12H,3-6H2,(H,11,13). The zero-order valence-corrected chi connectivity index (χ0v) is 7.42. The van der Waals surface area contributed by atoms with Crippen molar-refractivity contribution in [2.75, 3.05) is 13.1 Å². The van der Waals surface area contributed by atoms with Crippen molar-refractivity contribution in [2.24, 2.45) is 0 Å². The van der Waals surface area contributed by atoms with Crippen LogP contribution in [0, 0.1) is 12.3 Å². The number of hydrogen-bond donors (Lipinski definition) is 3. The first-order valence-electron chi connectivity index (χ1n) is 4.34. The smallest absolute Gasteiger partial charge is 0.234 e. The number of carbonyl (C=O) groups excluding carboxylic acids is 1. The highest BCUT2D eigenvalue weighted by Crippen LogP contribution is 2.18. The molecule has 0 atom stereocenters. The van der Waals surface area contributed by atoms with Gasteiger partial charge in [-0.25, -0.2) is 0 Å². The van der Waals surface area contributed by atoms with Crippen LogP contribution in [0.25, 0.3) is 0 Å². The van der Waals surface area contributed by atoms with E-state index < -0.39 is 0 Å². The molecule has 72 valence electrons. The lowest BCUT2D eigenvalue weighted by Crippen LogP contribution is -2.49. The van der Waals surface area contributed by atoms with Gasteiger partial charge in [-0.15, -0.1) is 6.42 Å². The molecule has 0 bridgehead atoms. The average molecular weight is 182 g/mol. The minimum atomic E-state index is -0.232. The Balaban J connectivity index is 2.02. The van der Waals surface area contributed by atoms with Gasteiger partial charge < -0.3 is 10.4 Å². The number of aliphatic hydroxyl groups is 1. The van der Waals surface area contributed by atoms with E-state index in [0.29, 0.717) is 19.4 Å². The molecule has 1 aliphatic carbocycles. The van der Waals surface area contributed by atoms with Crippen LogP contribution in [-0.2, 0) is 4.79 Å². The maximum Gasteiger partial charge on any atom is 0.234 e. The van der Waals surface area contributed by atoms with E-state index in [-0.39, 0.29) is 24.6 Å². The molecule has 1 amide bonds. The molecule has 0 aromatic rings. The van der Waals surface area contributed by atoms with Crippen molar-refractivity contribution in [3.63, 3.8) is 0 Å². The van der Waals surface area contributed by atoms with Crippen molar-refractivity contribution in [1.82, 2.24) is 10.6 Å². The first-order chi connectivity index (χ1) is 6.22. The van der Waals surface area contributed by atoms with Crippen LogP contribution < -0.4 is 10.6 Å². The summed E-state index contributed by atoms with van der Waals surface area (Å²) in [6.07, 6.45) is 6.10. The summed E-state index contributed by atoms with van der Waals surface area (Å²) in [4.78, 5) is 11.1. The van der Waals surface area contributed by atoms with Crippen molar-refractivity contribution in [2.45, 2.75) is 25.0 Å². The van der Waals surface area contributed by atoms with Crippen LogP contribution >= 0.6 is 0 Å². The molecule has 4 heteroatoms. The molecule has 1 aliphatic rings. The fraction of sp³-hybridized carbons (Fsp3) is 0.667. The summed E-state index contributed by atoms with van der Waals surface area (Å²) in [6.45, 7) is 0.650. The van der Waals surface area contributed by atoms with Crippen LogP contribution in [0.1, 0.15) is 12.8 Å². The van der Waals surface area contributed by atoms with Crippen molar-refractivity contribution < 1.29 is 9.90 Å². The zero-order chi connectivity index (χ0) is 9.68. The number of carbonyl (C=O) groups is 1. The fourth-order valence-corrected chi connectivity index (χ4v) is 1.23. The van der Waals surface area contributed by atoms with Gasteiger partial charge in [0.2, 0.25) is 5.91 Å². The van der Waals surface area contributed by atoms with Gasteiger partial charge in [0.25, 0.3) is 0 Å². The van der Waals surface area contributed by atoms with Crippen molar-refractivity contribution >= 4 is 5.91 Å². The second kappa shape index (κ2) is 4.85. The molecule has 0 spiro atoms. The second-order valence-corrected chi connectivity index (χ2v) is 3.20. The van der Waals surface area contributed by atoms with Crippen molar-refractivity contribution in [3.05, 3.63) is 0 Å². The van der Waals surface area contributed by atoms with Gasteiger partial charge in [0, 0.05) is 6.04 Å². The van der Waals surface area contributed by atoms with E-state index in [1.54, 1.807) is 0 Å². The SMILES string of the molecule is C#CCNCC(=O)NC1CC(O)C1. The highest BCUT2D eigenvalue weighted by atomic mass is 16.3. The van der Waals surface area contributed by atoms with E-state index in [0.717, 1.165) is 0 Å². The minimum absolute atomic E-state index is 0.0628. The van der Waals surface area contributed by atoms with Crippen molar-refractivity contribution in [3.8, 4) is 12.3 Å². The van der Waals surface area contributed by atoms with Crippen LogP contribution in [0.2, 0.25) is 0 Å². The number of rotatable bonds is 4. The van der Waals surface area contributed by atoms with Crippen LogP contribution in [0.5, 0.6) is 0 Å². The predicted molar refractivity (Wildman–Crippen MR) is 48.9 cm³/mol. The Morgan fingerprint density at radius 3 is 2.85 bits per heavy atom. The predicted octanol–water partition coefficient (Wildman–Crippen LogP) is -1.15. The summed E-state index contributed by atoms with van der Waals surface area (Å²) in [7, 11) is 0.